The molecule has 0 aliphatic heterocycles. The Bertz CT molecular complexity index is 1330. The van der Waals surface area contributed by atoms with Gasteiger partial charge in [0.1, 0.15) is 5.69 Å². The molecule has 2 heterocycles. The van der Waals surface area contributed by atoms with Gasteiger partial charge in [-0.2, -0.15) is 0 Å². The molecule has 5 rings (SSSR count). The van der Waals surface area contributed by atoms with Gasteiger partial charge in [0.05, 0.1) is 29.4 Å². The Morgan fingerprint density at radius 2 is 1.84 bits per heavy atom. The summed E-state index contributed by atoms with van der Waals surface area (Å²) >= 11 is 0. The zero-order valence-corrected chi connectivity index (χ0v) is 17.1. The van der Waals surface area contributed by atoms with E-state index in [2.05, 4.69) is 9.97 Å². The van der Waals surface area contributed by atoms with E-state index in [9.17, 15) is 14.7 Å². The maximum atomic E-state index is 13.5. The van der Waals surface area contributed by atoms with Crippen LogP contribution < -0.4 is 5.56 Å². The Labute approximate surface area is 179 Å². The lowest BCUT2D eigenvalue weighted by molar-refractivity contribution is 0.0735. The van der Waals surface area contributed by atoms with Crippen LogP contribution in [0.3, 0.4) is 0 Å². The number of aliphatic hydroxyl groups excluding tert-OH is 1. The van der Waals surface area contributed by atoms with Crippen LogP contribution in [0.25, 0.3) is 21.7 Å². The standard InChI is InChI=1S/C25H23N3O3/c29-14-18-10-9-16(13-26-18)11-17-12-21-24(20-6-2-1-5-19(17)20)27-15-28(25(21)31)22-7-3-4-8-23(22)30/h1-2,5-6,9-10,12-15,22-23,30H,3-4,7-8,11H2. The first-order chi connectivity index (χ1) is 15.2. The summed E-state index contributed by atoms with van der Waals surface area (Å²) in [5, 5.41) is 13.0. The van der Waals surface area contributed by atoms with Crippen molar-refractivity contribution in [1.82, 2.24) is 14.5 Å². The predicted molar refractivity (Wildman–Crippen MR) is 119 cm³/mol. The molecule has 0 spiro atoms. The molecule has 2 aromatic carbocycles. The van der Waals surface area contributed by atoms with Crippen LogP contribution in [0.2, 0.25) is 0 Å². The lowest BCUT2D eigenvalue weighted by atomic mass is 9.92. The van der Waals surface area contributed by atoms with Crippen LogP contribution in [0, 0.1) is 0 Å². The zero-order valence-electron chi connectivity index (χ0n) is 17.1. The molecule has 1 aliphatic rings. The number of hydrogen-bond donors (Lipinski definition) is 1. The number of carbonyl (C=O) groups is 1. The molecule has 2 unspecified atom stereocenters. The summed E-state index contributed by atoms with van der Waals surface area (Å²) in [6.45, 7) is 0. The van der Waals surface area contributed by atoms with Crippen LogP contribution in [-0.2, 0) is 6.42 Å². The summed E-state index contributed by atoms with van der Waals surface area (Å²) in [6, 6.07) is 13.2. The third-order valence-electron chi connectivity index (χ3n) is 6.29. The van der Waals surface area contributed by atoms with Crippen molar-refractivity contribution in [2.45, 2.75) is 44.2 Å². The highest BCUT2D eigenvalue weighted by molar-refractivity contribution is 6.06. The molecule has 0 amide bonds. The van der Waals surface area contributed by atoms with Gasteiger partial charge in [0, 0.05) is 11.6 Å². The van der Waals surface area contributed by atoms with E-state index in [4.69, 9.17) is 0 Å². The molecule has 4 aromatic rings. The number of aromatic nitrogens is 3. The predicted octanol–water partition coefficient (Wildman–Crippen LogP) is 3.82. The highest BCUT2D eigenvalue weighted by Crippen LogP contribution is 2.30. The van der Waals surface area contributed by atoms with E-state index in [0.717, 1.165) is 47.4 Å². The van der Waals surface area contributed by atoms with Crippen LogP contribution in [0.15, 0.2) is 59.8 Å². The van der Waals surface area contributed by atoms with E-state index in [0.29, 0.717) is 29.4 Å². The van der Waals surface area contributed by atoms with Crippen LogP contribution in [0.4, 0.5) is 0 Å². The van der Waals surface area contributed by atoms with E-state index in [1.165, 1.54) is 0 Å². The van der Waals surface area contributed by atoms with Gasteiger partial charge in [-0.05, 0) is 47.9 Å². The Morgan fingerprint density at radius 3 is 2.58 bits per heavy atom. The first-order valence-electron chi connectivity index (χ1n) is 10.7. The minimum absolute atomic E-state index is 0.114. The number of aldehydes is 1. The van der Waals surface area contributed by atoms with Crippen LogP contribution in [-0.4, -0.2) is 32.0 Å². The first-order valence-corrected chi connectivity index (χ1v) is 10.7. The number of pyridine rings is 1. The maximum Gasteiger partial charge on any atom is 0.261 e. The minimum Gasteiger partial charge on any atom is -0.391 e. The smallest absolute Gasteiger partial charge is 0.261 e. The molecule has 1 N–H and O–H groups in total. The normalized spacial score (nSPS) is 19.0. The highest BCUT2D eigenvalue weighted by Gasteiger charge is 2.26. The summed E-state index contributed by atoms with van der Waals surface area (Å²) in [4.78, 5) is 33.2. The number of carbonyl (C=O) groups excluding carboxylic acids is 1. The van der Waals surface area contributed by atoms with E-state index in [1.54, 1.807) is 23.2 Å². The molecule has 2 aromatic heterocycles. The molecule has 1 aliphatic carbocycles. The first kappa shape index (κ1) is 19.6. The average molecular weight is 413 g/mol. The Morgan fingerprint density at radius 1 is 1.03 bits per heavy atom. The number of rotatable bonds is 4. The zero-order chi connectivity index (χ0) is 21.4. The molecule has 6 heteroatoms. The highest BCUT2D eigenvalue weighted by atomic mass is 16.3. The second kappa shape index (κ2) is 8.04. The van der Waals surface area contributed by atoms with Gasteiger partial charge >= 0.3 is 0 Å². The van der Waals surface area contributed by atoms with Gasteiger partial charge in [0.2, 0.25) is 0 Å². The molecule has 0 radical (unpaired) electrons. The van der Waals surface area contributed by atoms with E-state index >= 15 is 0 Å². The molecule has 0 saturated heterocycles. The lowest BCUT2D eigenvalue weighted by Gasteiger charge is -2.29. The molecule has 1 fully saturated rings. The van der Waals surface area contributed by atoms with Gasteiger partial charge in [0.15, 0.2) is 6.29 Å². The molecule has 31 heavy (non-hydrogen) atoms. The summed E-state index contributed by atoms with van der Waals surface area (Å²) < 4.78 is 1.62. The second-order valence-electron chi connectivity index (χ2n) is 8.24. The van der Waals surface area contributed by atoms with E-state index in [1.807, 2.05) is 36.4 Å². The number of hydrogen-bond acceptors (Lipinski definition) is 5. The molecule has 156 valence electrons. The molecular formula is C25H23N3O3. The minimum atomic E-state index is -0.520. The quantitative estimate of drug-likeness (QED) is 0.406. The molecular weight excluding hydrogens is 390 g/mol. The number of aliphatic hydroxyl groups is 1. The Kier molecular flexibility index (Phi) is 5.08. The summed E-state index contributed by atoms with van der Waals surface area (Å²) in [5.74, 6) is 0. The van der Waals surface area contributed by atoms with Crippen molar-refractivity contribution in [2.24, 2.45) is 0 Å². The van der Waals surface area contributed by atoms with E-state index in [-0.39, 0.29) is 11.6 Å². The molecule has 2 atom stereocenters. The molecule has 6 nitrogen and oxygen atoms in total. The van der Waals surface area contributed by atoms with Gasteiger partial charge in [-0.15, -0.1) is 0 Å². The molecule has 0 bridgehead atoms. The van der Waals surface area contributed by atoms with Gasteiger partial charge < -0.3 is 5.11 Å². The summed E-state index contributed by atoms with van der Waals surface area (Å²) in [6.07, 6.45) is 7.56. The summed E-state index contributed by atoms with van der Waals surface area (Å²) in [7, 11) is 0. The second-order valence-corrected chi connectivity index (χ2v) is 8.24. The van der Waals surface area contributed by atoms with Gasteiger partial charge in [-0.3, -0.25) is 19.1 Å². The van der Waals surface area contributed by atoms with Crippen LogP contribution in [0.1, 0.15) is 53.3 Å². The van der Waals surface area contributed by atoms with Crippen molar-refractivity contribution in [1.29, 1.82) is 0 Å². The van der Waals surface area contributed by atoms with Crippen molar-refractivity contribution in [3.05, 3.63) is 82.2 Å². The SMILES string of the molecule is O=Cc1ccc(Cc2cc3c(=O)n(C4CCCCC4O)cnc3c3ccccc23)cn1. The Hall–Kier alpha value is -3.38. The van der Waals surface area contributed by atoms with E-state index < -0.39 is 6.10 Å². The third-order valence-corrected chi connectivity index (χ3v) is 6.29. The topological polar surface area (TPSA) is 85.1 Å². The maximum absolute atomic E-state index is 13.5. The van der Waals surface area contributed by atoms with Crippen molar-refractivity contribution >= 4 is 28.0 Å². The van der Waals surface area contributed by atoms with Crippen molar-refractivity contribution < 1.29 is 9.90 Å². The van der Waals surface area contributed by atoms with Gasteiger partial charge in [0.25, 0.3) is 5.56 Å². The fourth-order valence-electron chi connectivity index (χ4n) is 4.68. The molecule has 1 saturated carbocycles. The Balaban J connectivity index is 1.67. The number of nitrogens with zero attached hydrogens (tertiary/aromatic N) is 3. The lowest BCUT2D eigenvalue weighted by Crippen LogP contribution is -2.34. The third kappa shape index (κ3) is 3.53. The van der Waals surface area contributed by atoms with Crippen LogP contribution >= 0.6 is 0 Å². The average Bonchev–Trinajstić information content (AvgIpc) is 2.81. The van der Waals surface area contributed by atoms with Gasteiger partial charge in [-0.1, -0.05) is 43.2 Å². The monoisotopic (exact) mass is 413 g/mol. The fourth-order valence-corrected chi connectivity index (χ4v) is 4.68. The van der Waals surface area contributed by atoms with Crippen molar-refractivity contribution in [2.75, 3.05) is 0 Å². The fraction of sp³-hybridized carbons (Fsp3) is 0.280. The van der Waals surface area contributed by atoms with Crippen molar-refractivity contribution in [3.63, 3.8) is 0 Å². The largest absolute Gasteiger partial charge is 0.391 e. The number of benzene rings is 2. The van der Waals surface area contributed by atoms with Gasteiger partial charge in [-0.25, -0.2) is 4.98 Å². The summed E-state index contributed by atoms with van der Waals surface area (Å²) in [5.41, 5.74) is 2.93. The number of fused-ring (bicyclic) bond motifs is 3. The van der Waals surface area contributed by atoms with Crippen LogP contribution in [0.5, 0.6) is 0 Å². The van der Waals surface area contributed by atoms with Crippen molar-refractivity contribution in [3.8, 4) is 0 Å².